The molecule has 0 spiro atoms. The van der Waals surface area contributed by atoms with Crippen LogP contribution in [0.4, 0.5) is 0 Å². The molecule has 2 saturated carbocycles. The standard InChI is InChI=1S/C64H120N18O26.CH4/c65-15-31-43(85)47(89)37(73)59(97-31)103-53-29(71)13-27(69)41(83)57(53)107-63-51(93)55(105-61-39(75)49(91)45(87)33(17-67)99-61)35(101-63)21-81-19-25(77-79-81)23-95-11-9-7-5-3-1-2-4-6-8-10-12-96-24-26-20-82(80-78-26)22-36-56(106-62-40(76)50(92)46(88)34(18-68)100-62)52(94)64(102-36)108-58-42(84)28(70)14-30(72)54(58)104-60-38(74)48(90)44(86)32(16-66)98-60;/h19-20,27-64,83-94H,1-18,21-24,65-76H2;1H4/t27-,28-,29?,30?,31?,32?,33+,34+,35-,36-,37?,38?,39?,40?,41?,42?,43?,44?,45?,46?,47-,48-,49?,50?,51+,52+,53?,54?,55?,56?,57-,58-,59-,60-,61-,62-,63+,64+;/m1./s1. The number of aromatic nitrogens is 6. The number of hydrogen-bond acceptors (Lipinski definition) is 42. The summed E-state index contributed by atoms with van der Waals surface area (Å²) in [5.74, 6) is 0. The molecule has 10 rings (SSSR count). The molecule has 36 N–H and O–H groups in total. The first-order valence-electron chi connectivity index (χ1n) is 37.5. The highest BCUT2D eigenvalue weighted by molar-refractivity contribution is 5.06. The quantitative estimate of drug-likeness (QED) is 0.0279. The molecule has 6 aliphatic heterocycles. The van der Waals surface area contributed by atoms with Crippen LogP contribution < -0.4 is 68.8 Å². The number of hydrogen-bond donors (Lipinski definition) is 24. The smallest absolute Gasteiger partial charge is 0.187 e. The first-order valence-corrected chi connectivity index (χ1v) is 37.5. The van der Waals surface area contributed by atoms with Crippen LogP contribution in [0, 0.1) is 0 Å². The van der Waals surface area contributed by atoms with Gasteiger partial charge >= 0.3 is 0 Å². The lowest BCUT2D eigenvalue weighted by Gasteiger charge is -2.47. The van der Waals surface area contributed by atoms with Gasteiger partial charge in [0.15, 0.2) is 37.7 Å². The van der Waals surface area contributed by atoms with Crippen LogP contribution >= 0.6 is 0 Å². The fourth-order valence-electron chi connectivity index (χ4n) is 15.0. The lowest BCUT2D eigenvalue weighted by atomic mass is 9.84. The fraction of sp³-hybridized carbons (Fsp3) is 0.938. The van der Waals surface area contributed by atoms with E-state index < -0.39 is 233 Å². The Morgan fingerprint density at radius 1 is 0.321 bits per heavy atom. The molecule has 0 amide bonds. The average molecular weight is 1570 g/mol. The van der Waals surface area contributed by atoms with E-state index in [9.17, 15) is 61.3 Å². The summed E-state index contributed by atoms with van der Waals surface area (Å²) in [6.07, 6.45) is -27.7. The summed E-state index contributed by atoms with van der Waals surface area (Å²) in [4.78, 5) is 0. The molecule has 20 unspecified atom stereocenters. The van der Waals surface area contributed by atoms with Gasteiger partial charge in [0, 0.05) is 63.6 Å². The number of unbranched alkanes of at least 4 members (excludes halogenated alkanes) is 9. The Hall–Kier alpha value is -3.24. The van der Waals surface area contributed by atoms with Crippen molar-refractivity contribution in [1.29, 1.82) is 0 Å². The van der Waals surface area contributed by atoms with Crippen LogP contribution in [0.5, 0.6) is 0 Å². The van der Waals surface area contributed by atoms with Crippen molar-refractivity contribution < 1.29 is 128 Å². The molecule has 38 atom stereocenters. The van der Waals surface area contributed by atoms with Gasteiger partial charge in [-0.3, -0.25) is 0 Å². The highest BCUT2D eigenvalue weighted by atomic mass is 16.8. The molecule has 2 aromatic heterocycles. The van der Waals surface area contributed by atoms with E-state index in [4.69, 9.17) is 135 Å². The van der Waals surface area contributed by atoms with Gasteiger partial charge in [0.25, 0.3) is 0 Å². The Bertz CT molecular complexity index is 2770. The minimum absolute atomic E-state index is 0. The van der Waals surface area contributed by atoms with E-state index in [0.29, 0.717) is 24.6 Å². The summed E-state index contributed by atoms with van der Waals surface area (Å²) >= 11 is 0. The Morgan fingerprint density at radius 2 is 0.587 bits per heavy atom. The molecule has 2 aromatic rings. The highest BCUT2D eigenvalue weighted by Gasteiger charge is 2.58. The molecule has 6 saturated heterocycles. The number of aliphatic hydroxyl groups is 12. The van der Waals surface area contributed by atoms with Gasteiger partial charge in [-0.1, -0.05) is 69.2 Å². The van der Waals surface area contributed by atoms with E-state index in [1.54, 1.807) is 12.4 Å². The number of aliphatic hydroxyl groups excluding tert-OH is 12. The summed E-state index contributed by atoms with van der Waals surface area (Å²) in [6, 6.07) is -8.83. The van der Waals surface area contributed by atoms with Crippen LogP contribution in [0.25, 0.3) is 0 Å². The molecular formula is C65H124N18O26. The minimum Gasteiger partial charge on any atom is -0.389 e. The molecule has 630 valence electrons. The first-order chi connectivity index (χ1) is 51.7. The van der Waals surface area contributed by atoms with Crippen molar-refractivity contribution in [3.05, 3.63) is 23.8 Å². The lowest BCUT2D eigenvalue weighted by molar-refractivity contribution is -0.306. The van der Waals surface area contributed by atoms with E-state index in [0.717, 1.165) is 64.2 Å². The average Bonchev–Trinajstić information content (AvgIpc) is 1.75. The number of ether oxygens (including phenoxy) is 14. The topological polar surface area (TPSA) is 746 Å². The first kappa shape index (κ1) is 89.7. The lowest BCUT2D eigenvalue weighted by Crippen LogP contribution is -2.68. The van der Waals surface area contributed by atoms with Crippen molar-refractivity contribution in [1.82, 2.24) is 30.0 Å². The van der Waals surface area contributed by atoms with Crippen LogP contribution in [-0.2, 0) is 92.6 Å². The van der Waals surface area contributed by atoms with E-state index in [-0.39, 0.29) is 72.8 Å². The summed E-state index contributed by atoms with van der Waals surface area (Å²) in [5, 5.41) is 149. The largest absolute Gasteiger partial charge is 0.389 e. The summed E-state index contributed by atoms with van der Waals surface area (Å²) in [6.45, 7) is 0.287. The molecule has 109 heavy (non-hydrogen) atoms. The van der Waals surface area contributed by atoms with Crippen molar-refractivity contribution >= 4 is 0 Å². The van der Waals surface area contributed by atoms with Crippen LogP contribution in [0.2, 0.25) is 0 Å². The fourth-order valence-corrected chi connectivity index (χ4v) is 15.0. The molecule has 8 fully saturated rings. The predicted molar refractivity (Wildman–Crippen MR) is 375 cm³/mol. The van der Waals surface area contributed by atoms with Gasteiger partial charge in [0.1, 0.15) is 146 Å². The molecule has 44 heteroatoms. The zero-order chi connectivity index (χ0) is 77.9. The van der Waals surface area contributed by atoms with Gasteiger partial charge in [0.05, 0.1) is 75.1 Å². The Labute approximate surface area is 630 Å². The van der Waals surface area contributed by atoms with Gasteiger partial charge in [-0.2, -0.15) is 0 Å². The van der Waals surface area contributed by atoms with Crippen LogP contribution in [0.1, 0.15) is 95.9 Å². The molecule has 0 bridgehead atoms. The molecular weight excluding hydrogens is 1450 g/mol. The van der Waals surface area contributed by atoms with Crippen molar-refractivity contribution in [2.45, 2.75) is 343 Å². The Kier molecular flexibility index (Phi) is 34.2. The maximum Gasteiger partial charge on any atom is 0.187 e. The van der Waals surface area contributed by atoms with Crippen molar-refractivity contribution in [3.63, 3.8) is 0 Å². The molecule has 44 nitrogen and oxygen atoms in total. The highest BCUT2D eigenvalue weighted by Crippen LogP contribution is 2.38. The Balaban J connectivity index is 0.0000137. The SMILES string of the molecule is C.NCC1O[C@H](OC2C(N)C[C@@H](N)C(O)[C@H]2O[C@@H]2O[C@H](Cn3cc(COCCCCCCCCCCCCOCc4cn(C[C@H]5O[C@@H](O[C@H]6C(O[C@H]7OC(CN)C(O)[C@H](O)C7N)C(N)C[C@@H](N)C6O)[C@@H](O)C5O[C@H]5O[C@@H](CN)C(O)C(O)C5N)nn4)nn3)C(O[C@H]3O[C@@H](CN)C(O)C(O)C3N)[C@@H]2O)C(N)[C@@H](O)C1O. The van der Waals surface area contributed by atoms with Gasteiger partial charge < -0.3 is 196 Å². The second-order valence-electron chi connectivity index (χ2n) is 29.6. The van der Waals surface area contributed by atoms with E-state index in [1.807, 2.05) is 0 Å². The molecule has 8 aliphatic rings. The van der Waals surface area contributed by atoms with Gasteiger partial charge in [-0.05, 0) is 25.7 Å². The van der Waals surface area contributed by atoms with E-state index in [2.05, 4.69) is 20.6 Å². The zero-order valence-electron chi connectivity index (χ0n) is 60.3. The molecule has 0 radical (unpaired) electrons. The predicted octanol–water partition coefficient (Wildman–Crippen LogP) is -12.6. The van der Waals surface area contributed by atoms with Gasteiger partial charge in [0.2, 0.25) is 0 Å². The second kappa shape index (κ2) is 41.5. The summed E-state index contributed by atoms with van der Waals surface area (Å²) < 4.78 is 88.3. The van der Waals surface area contributed by atoms with Crippen LogP contribution in [-0.4, -0.2) is 363 Å². The molecule has 8 heterocycles. The maximum absolute atomic E-state index is 11.9. The molecule has 2 aliphatic carbocycles. The summed E-state index contributed by atoms with van der Waals surface area (Å²) in [7, 11) is 0. The number of rotatable bonds is 37. The van der Waals surface area contributed by atoms with Crippen molar-refractivity contribution in [2.24, 2.45) is 68.8 Å². The number of nitrogens with two attached hydrogens (primary N) is 12. The van der Waals surface area contributed by atoms with Crippen LogP contribution in [0.3, 0.4) is 0 Å². The van der Waals surface area contributed by atoms with Gasteiger partial charge in [-0.25, -0.2) is 9.36 Å². The third-order valence-electron chi connectivity index (χ3n) is 21.6. The van der Waals surface area contributed by atoms with E-state index in [1.165, 1.54) is 9.36 Å². The number of nitrogens with zero attached hydrogens (tertiary/aromatic N) is 6. The second-order valence-corrected chi connectivity index (χ2v) is 29.6. The third-order valence-corrected chi connectivity index (χ3v) is 21.6. The Morgan fingerprint density at radius 3 is 0.881 bits per heavy atom. The van der Waals surface area contributed by atoms with Crippen molar-refractivity contribution in [2.75, 3.05) is 39.4 Å². The van der Waals surface area contributed by atoms with Crippen molar-refractivity contribution in [3.8, 4) is 0 Å². The van der Waals surface area contributed by atoms with Crippen LogP contribution in [0.15, 0.2) is 12.4 Å². The summed E-state index contributed by atoms with van der Waals surface area (Å²) in [5.41, 5.74) is 75.0. The monoisotopic (exact) mass is 1570 g/mol. The minimum atomic E-state index is -1.65. The van der Waals surface area contributed by atoms with Gasteiger partial charge in [-0.15, -0.1) is 10.2 Å². The third kappa shape index (κ3) is 21.7. The maximum atomic E-state index is 11.9. The van der Waals surface area contributed by atoms with E-state index >= 15 is 0 Å². The molecule has 0 aromatic carbocycles. The normalized spacial score (nSPS) is 44.3. The zero-order valence-corrected chi connectivity index (χ0v) is 60.3.